The number of guanidine groups is 1. The maximum atomic E-state index is 12.8. The summed E-state index contributed by atoms with van der Waals surface area (Å²) in [4.78, 5) is 10.9. The molecule has 1 saturated heterocycles. The molecular formula is C15H22F6IN5S. The molecule has 28 heavy (non-hydrogen) atoms. The highest BCUT2D eigenvalue weighted by molar-refractivity contribution is 14.0. The first-order valence-corrected chi connectivity index (χ1v) is 9.18. The number of aliphatic imine (C=N–C) groups is 1. The van der Waals surface area contributed by atoms with Gasteiger partial charge in [-0.15, -0.1) is 35.3 Å². The zero-order chi connectivity index (χ0) is 20.2. The lowest BCUT2D eigenvalue weighted by molar-refractivity contribution is -0.181. The summed E-state index contributed by atoms with van der Waals surface area (Å²) in [7, 11) is 1.55. The summed E-state index contributed by atoms with van der Waals surface area (Å²) in [5.41, 5.74) is -0.901. The second kappa shape index (κ2) is 10.3. The third-order valence-corrected chi connectivity index (χ3v) is 5.22. The van der Waals surface area contributed by atoms with E-state index in [4.69, 9.17) is 0 Å². The first kappa shape index (κ1) is 25.2. The number of piperazine rings is 1. The molecule has 162 valence electrons. The van der Waals surface area contributed by atoms with Crippen LogP contribution in [-0.4, -0.2) is 72.7 Å². The summed E-state index contributed by atoms with van der Waals surface area (Å²) in [5.74, 6) is 0.516. The molecule has 0 amide bonds. The molecule has 1 aliphatic heterocycles. The SMILES string of the molecule is CN=C(NCCc1nc(C(F)(F)F)cs1)N1CCN(C(C)C(F)(F)F)CC1.I. The van der Waals surface area contributed by atoms with Crippen LogP contribution in [0.3, 0.4) is 0 Å². The number of nitrogens with one attached hydrogen (secondary N) is 1. The van der Waals surface area contributed by atoms with Crippen molar-refractivity contribution in [3.63, 3.8) is 0 Å². The van der Waals surface area contributed by atoms with E-state index in [2.05, 4.69) is 15.3 Å². The molecule has 0 aromatic carbocycles. The Morgan fingerprint density at radius 3 is 2.29 bits per heavy atom. The number of halogens is 7. The summed E-state index contributed by atoms with van der Waals surface area (Å²) in [6, 6.07) is -1.50. The van der Waals surface area contributed by atoms with E-state index in [1.165, 1.54) is 4.90 Å². The molecule has 1 N–H and O–H groups in total. The number of nitrogens with zero attached hydrogens (tertiary/aromatic N) is 4. The first-order valence-electron chi connectivity index (χ1n) is 8.30. The lowest BCUT2D eigenvalue weighted by atomic mass is 10.2. The molecule has 1 aromatic rings. The molecule has 1 aromatic heterocycles. The summed E-state index contributed by atoms with van der Waals surface area (Å²) >= 11 is 0.939. The van der Waals surface area contributed by atoms with E-state index >= 15 is 0 Å². The average molecular weight is 545 g/mol. The van der Waals surface area contributed by atoms with Gasteiger partial charge in [-0.2, -0.15) is 26.3 Å². The van der Waals surface area contributed by atoms with Crippen molar-refractivity contribution in [3.05, 3.63) is 16.1 Å². The molecule has 1 fully saturated rings. The van der Waals surface area contributed by atoms with Crippen molar-refractivity contribution >= 4 is 41.3 Å². The minimum Gasteiger partial charge on any atom is -0.356 e. The van der Waals surface area contributed by atoms with Gasteiger partial charge >= 0.3 is 12.4 Å². The third-order valence-electron chi connectivity index (χ3n) is 4.31. The number of thiazole rings is 1. The van der Waals surface area contributed by atoms with Crippen LogP contribution in [0, 0.1) is 0 Å². The van der Waals surface area contributed by atoms with Crippen molar-refractivity contribution in [2.45, 2.75) is 31.7 Å². The molecule has 0 bridgehead atoms. The van der Waals surface area contributed by atoms with Gasteiger partial charge in [-0.3, -0.25) is 9.89 Å². The fraction of sp³-hybridized carbons (Fsp3) is 0.733. The van der Waals surface area contributed by atoms with Gasteiger partial charge in [0.25, 0.3) is 0 Å². The number of alkyl halides is 6. The lowest BCUT2D eigenvalue weighted by Crippen LogP contribution is -2.56. The van der Waals surface area contributed by atoms with Crippen LogP contribution < -0.4 is 5.32 Å². The van der Waals surface area contributed by atoms with Gasteiger partial charge in [0.15, 0.2) is 11.7 Å². The summed E-state index contributed by atoms with van der Waals surface area (Å²) in [6.07, 6.45) is -8.42. The predicted molar refractivity (Wildman–Crippen MR) is 106 cm³/mol. The van der Waals surface area contributed by atoms with E-state index in [1.54, 1.807) is 7.05 Å². The number of aromatic nitrogens is 1. The van der Waals surface area contributed by atoms with E-state index in [1.807, 2.05) is 4.90 Å². The van der Waals surface area contributed by atoms with Crippen molar-refractivity contribution in [3.8, 4) is 0 Å². The highest BCUT2D eigenvalue weighted by Gasteiger charge is 2.41. The van der Waals surface area contributed by atoms with Crippen LogP contribution in [0.4, 0.5) is 26.3 Å². The number of rotatable bonds is 4. The summed E-state index contributed by atoms with van der Waals surface area (Å²) < 4.78 is 76.0. The summed E-state index contributed by atoms with van der Waals surface area (Å²) in [5, 5.41) is 4.36. The Bertz CT molecular complexity index is 640. The van der Waals surface area contributed by atoms with Crippen molar-refractivity contribution in [2.24, 2.45) is 4.99 Å². The molecule has 2 heterocycles. The molecule has 2 rings (SSSR count). The molecular weight excluding hydrogens is 523 g/mol. The van der Waals surface area contributed by atoms with E-state index in [-0.39, 0.29) is 37.1 Å². The number of hydrogen-bond acceptors (Lipinski definition) is 4. The average Bonchev–Trinajstić information content (AvgIpc) is 3.07. The zero-order valence-electron chi connectivity index (χ0n) is 15.3. The van der Waals surface area contributed by atoms with E-state index in [0.717, 1.165) is 23.6 Å². The van der Waals surface area contributed by atoms with Crippen LogP contribution in [-0.2, 0) is 12.6 Å². The minimum atomic E-state index is -4.45. The van der Waals surface area contributed by atoms with Gasteiger partial charge in [0, 0.05) is 51.6 Å². The lowest BCUT2D eigenvalue weighted by Gasteiger charge is -2.39. The van der Waals surface area contributed by atoms with Gasteiger partial charge in [-0.05, 0) is 6.92 Å². The smallest absolute Gasteiger partial charge is 0.356 e. The molecule has 1 unspecified atom stereocenters. The Labute approximate surface area is 180 Å². The Morgan fingerprint density at radius 1 is 1.21 bits per heavy atom. The third kappa shape index (κ3) is 6.90. The molecule has 5 nitrogen and oxygen atoms in total. The highest BCUT2D eigenvalue weighted by atomic mass is 127. The fourth-order valence-electron chi connectivity index (χ4n) is 2.70. The van der Waals surface area contributed by atoms with E-state index < -0.39 is 24.1 Å². The fourth-order valence-corrected chi connectivity index (χ4v) is 3.50. The molecule has 0 spiro atoms. The monoisotopic (exact) mass is 545 g/mol. The van der Waals surface area contributed by atoms with Crippen LogP contribution in [0.25, 0.3) is 0 Å². The van der Waals surface area contributed by atoms with Crippen molar-refractivity contribution < 1.29 is 26.3 Å². The molecule has 0 radical (unpaired) electrons. The highest BCUT2D eigenvalue weighted by Crippen LogP contribution is 2.30. The van der Waals surface area contributed by atoms with Crippen molar-refractivity contribution in [1.29, 1.82) is 0 Å². The van der Waals surface area contributed by atoms with E-state index in [0.29, 0.717) is 37.0 Å². The van der Waals surface area contributed by atoms with Crippen LogP contribution in [0.2, 0.25) is 0 Å². The molecule has 1 atom stereocenters. The van der Waals surface area contributed by atoms with Crippen LogP contribution in [0.15, 0.2) is 10.4 Å². The largest absolute Gasteiger partial charge is 0.434 e. The van der Waals surface area contributed by atoms with Gasteiger partial charge in [0.2, 0.25) is 0 Å². The van der Waals surface area contributed by atoms with E-state index in [9.17, 15) is 26.3 Å². The molecule has 0 aliphatic carbocycles. The molecule has 13 heteroatoms. The molecule has 0 saturated carbocycles. The van der Waals surface area contributed by atoms with Gasteiger partial charge in [-0.25, -0.2) is 4.98 Å². The molecule has 1 aliphatic rings. The predicted octanol–water partition coefficient (Wildman–Crippen LogP) is 3.47. The second-order valence-electron chi connectivity index (χ2n) is 6.09. The van der Waals surface area contributed by atoms with Gasteiger partial charge in [0.05, 0.1) is 5.01 Å². The Balaban J connectivity index is 0.00000392. The normalized spacial score (nSPS) is 18.0. The van der Waals surface area contributed by atoms with Gasteiger partial charge in [0.1, 0.15) is 6.04 Å². The Hall–Kier alpha value is -0.830. The Kier molecular flexibility index (Phi) is 9.25. The standard InChI is InChI=1S/C15H21F6N5S.HI/c1-10(14(16,17)18)25-5-7-26(8-6-25)13(22-2)23-4-3-12-24-11(9-27-12)15(19,20)21;/h9-10H,3-8H2,1-2H3,(H,22,23);1H. The maximum absolute atomic E-state index is 12.8. The van der Waals surface area contributed by atoms with Crippen molar-refractivity contribution in [1.82, 2.24) is 20.1 Å². The summed E-state index contributed by atoms with van der Waals surface area (Å²) in [6.45, 7) is 2.75. The second-order valence-corrected chi connectivity index (χ2v) is 7.03. The van der Waals surface area contributed by atoms with Crippen LogP contribution >= 0.6 is 35.3 Å². The van der Waals surface area contributed by atoms with Gasteiger partial charge in [-0.1, -0.05) is 0 Å². The number of hydrogen-bond donors (Lipinski definition) is 1. The maximum Gasteiger partial charge on any atom is 0.434 e. The van der Waals surface area contributed by atoms with Gasteiger partial charge < -0.3 is 10.2 Å². The van der Waals surface area contributed by atoms with Crippen LogP contribution in [0.5, 0.6) is 0 Å². The zero-order valence-corrected chi connectivity index (χ0v) is 18.4. The first-order chi connectivity index (χ1) is 12.5. The Morgan fingerprint density at radius 2 is 1.82 bits per heavy atom. The quantitative estimate of drug-likeness (QED) is 0.273. The topological polar surface area (TPSA) is 43.8 Å². The van der Waals surface area contributed by atoms with Crippen molar-refractivity contribution in [2.75, 3.05) is 39.8 Å². The van der Waals surface area contributed by atoms with Crippen LogP contribution in [0.1, 0.15) is 17.6 Å². The minimum absolute atomic E-state index is 0.